The Morgan fingerprint density at radius 2 is 2.16 bits per heavy atom. The van der Waals surface area contributed by atoms with Gasteiger partial charge in [0.2, 0.25) is 0 Å². The first-order valence-electron chi connectivity index (χ1n) is 6.80. The van der Waals surface area contributed by atoms with Crippen LogP contribution in [0.1, 0.15) is 18.9 Å². The molecule has 1 aliphatic rings. The van der Waals surface area contributed by atoms with Gasteiger partial charge in [-0.15, -0.1) is 0 Å². The number of hydrogen-bond donors (Lipinski definition) is 0. The molecule has 0 N–H and O–H groups in total. The van der Waals surface area contributed by atoms with Crippen LogP contribution < -0.4 is 0 Å². The number of nitrogens with zero attached hydrogens (tertiary/aromatic N) is 1. The molecule has 1 heterocycles. The molecule has 0 spiro atoms. The molecule has 1 aliphatic heterocycles. The highest BCUT2D eigenvalue weighted by molar-refractivity contribution is 14.1. The number of carbonyl (C=O) groups is 1. The molecule has 2 rings (SSSR count). The van der Waals surface area contributed by atoms with E-state index in [1.165, 1.54) is 3.57 Å². The fourth-order valence-electron chi connectivity index (χ4n) is 2.33. The van der Waals surface area contributed by atoms with Crippen LogP contribution in [0.5, 0.6) is 0 Å². The molecule has 1 aromatic carbocycles. The van der Waals surface area contributed by atoms with E-state index in [4.69, 9.17) is 4.74 Å². The summed E-state index contributed by atoms with van der Waals surface area (Å²) in [6, 6.07) is 8.11. The lowest BCUT2D eigenvalue weighted by Gasteiger charge is -2.31. The number of ether oxygens (including phenoxy) is 1. The van der Waals surface area contributed by atoms with Crippen LogP contribution in [-0.4, -0.2) is 43.0 Å². The van der Waals surface area contributed by atoms with Crippen molar-refractivity contribution in [2.24, 2.45) is 0 Å². The standard InChI is InChI=1S/C15H20INO2/c1-2-7-17-8-9-19-15(11-17)14(18)10-12-3-5-13(16)6-4-12/h3-6,15H,2,7-11H2,1H3. The Labute approximate surface area is 128 Å². The Bertz CT molecular complexity index is 417. The minimum absolute atomic E-state index is 0.196. The van der Waals surface area contributed by atoms with Gasteiger partial charge in [-0.2, -0.15) is 0 Å². The second kappa shape index (κ2) is 7.36. The maximum Gasteiger partial charge on any atom is 0.167 e. The molecule has 1 atom stereocenters. The molecule has 0 amide bonds. The molecule has 19 heavy (non-hydrogen) atoms. The molecule has 1 aromatic rings. The van der Waals surface area contributed by atoms with Crippen molar-refractivity contribution in [3.8, 4) is 0 Å². The van der Waals surface area contributed by atoms with Crippen molar-refractivity contribution in [1.29, 1.82) is 0 Å². The number of halogens is 1. The van der Waals surface area contributed by atoms with Crippen LogP contribution >= 0.6 is 22.6 Å². The van der Waals surface area contributed by atoms with Crippen molar-refractivity contribution in [2.75, 3.05) is 26.2 Å². The highest BCUT2D eigenvalue weighted by Crippen LogP contribution is 2.12. The van der Waals surface area contributed by atoms with Crippen molar-refractivity contribution in [2.45, 2.75) is 25.9 Å². The molecule has 0 aliphatic carbocycles. The zero-order valence-electron chi connectivity index (χ0n) is 11.3. The number of benzene rings is 1. The predicted molar refractivity (Wildman–Crippen MR) is 84.3 cm³/mol. The molecule has 0 bridgehead atoms. The second-order valence-electron chi connectivity index (χ2n) is 4.93. The number of hydrogen-bond acceptors (Lipinski definition) is 3. The zero-order valence-corrected chi connectivity index (χ0v) is 13.4. The number of rotatable bonds is 5. The largest absolute Gasteiger partial charge is 0.368 e. The van der Waals surface area contributed by atoms with Crippen molar-refractivity contribution >= 4 is 28.4 Å². The summed E-state index contributed by atoms with van der Waals surface area (Å²) in [6.07, 6.45) is 1.35. The summed E-state index contributed by atoms with van der Waals surface area (Å²) >= 11 is 2.27. The van der Waals surface area contributed by atoms with Gasteiger partial charge in [-0.3, -0.25) is 9.69 Å². The van der Waals surface area contributed by atoms with Crippen LogP contribution in [0.4, 0.5) is 0 Å². The molecule has 104 valence electrons. The number of ketones is 1. The Morgan fingerprint density at radius 1 is 1.42 bits per heavy atom. The highest BCUT2D eigenvalue weighted by Gasteiger charge is 2.25. The van der Waals surface area contributed by atoms with E-state index in [1.54, 1.807) is 0 Å². The summed E-state index contributed by atoms with van der Waals surface area (Å²) < 4.78 is 6.81. The minimum atomic E-state index is -0.250. The summed E-state index contributed by atoms with van der Waals surface area (Å²) in [6.45, 7) is 5.58. The molecule has 0 saturated carbocycles. The zero-order chi connectivity index (χ0) is 13.7. The van der Waals surface area contributed by atoms with E-state index < -0.39 is 0 Å². The fraction of sp³-hybridized carbons (Fsp3) is 0.533. The van der Waals surface area contributed by atoms with E-state index in [0.29, 0.717) is 13.0 Å². The Hall–Kier alpha value is -0.460. The maximum atomic E-state index is 12.2. The second-order valence-corrected chi connectivity index (χ2v) is 6.18. The molecule has 3 nitrogen and oxygen atoms in total. The summed E-state index contributed by atoms with van der Waals surface area (Å²) in [7, 11) is 0. The predicted octanol–water partition coefficient (Wildman–Crippen LogP) is 2.51. The Kier molecular flexibility index (Phi) is 5.78. The van der Waals surface area contributed by atoms with Crippen molar-refractivity contribution in [3.05, 3.63) is 33.4 Å². The number of carbonyl (C=O) groups excluding carboxylic acids is 1. The first kappa shape index (κ1) is 14.9. The van der Waals surface area contributed by atoms with E-state index >= 15 is 0 Å². The summed E-state index contributed by atoms with van der Waals surface area (Å²) in [5.74, 6) is 0.196. The van der Waals surface area contributed by atoms with Crippen molar-refractivity contribution in [3.63, 3.8) is 0 Å². The summed E-state index contributed by atoms with van der Waals surface area (Å²) in [5, 5.41) is 0. The molecule has 0 aromatic heterocycles. The highest BCUT2D eigenvalue weighted by atomic mass is 127. The van der Waals surface area contributed by atoms with Gasteiger partial charge in [-0.1, -0.05) is 19.1 Å². The molecular weight excluding hydrogens is 353 g/mol. The first-order valence-corrected chi connectivity index (χ1v) is 7.88. The number of Topliss-reactive ketones (excluding diaryl/α,β-unsaturated/α-hetero) is 1. The Morgan fingerprint density at radius 3 is 2.84 bits per heavy atom. The average Bonchev–Trinajstić information content (AvgIpc) is 2.42. The summed E-state index contributed by atoms with van der Waals surface area (Å²) in [5.41, 5.74) is 1.07. The van der Waals surface area contributed by atoms with E-state index in [9.17, 15) is 4.79 Å². The number of morpholine rings is 1. The third kappa shape index (κ3) is 4.54. The first-order chi connectivity index (χ1) is 9.19. The van der Waals surface area contributed by atoms with E-state index in [1.807, 2.05) is 24.3 Å². The Balaban J connectivity index is 1.90. The quantitative estimate of drug-likeness (QED) is 0.743. The van der Waals surface area contributed by atoms with Gasteiger partial charge in [0, 0.05) is 23.1 Å². The fourth-order valence-corrected chi connectivity index (χ4v) is 2.69. The van der Waals surface area contributed by atoms with E-state index in [2.05, 4.69) is 34.4 Å². The van der Waals surface area contributed by atoms with Crippen LogP contribution in [0, 0.1) is 3.57 Å². The van der Waals surface area contributed by atoms with Gasteiger partial charge in [-0.25, -0.2) is 0 Å². The monoisotopic (exact) mass is 373 g/mol. The minimum Gasteiger partial charge on any atom is -0.368 e. The summed E-state index contributed by atoms with van der Waals surface area (Å²) in [4.78, 5) is 14.6. The maximum absolute atomic E-state index is 12.2. The third-order valence-electron chi connectivity index (χ3n) is 3.34. The topological polar surface area (TPSA) is 29.5 Å². The van der Waals surface area contributed by atoms with Gasteiger partial charge in [0.1, 0.15) is 6.10 Å². The van der Waals surface area contributed by atoms with Gasteiger partial charge < -0.3 is 4.74 Å². The average molecular weight is 373 g/mol. The molecular formula is C15H20INO2. The van der Waals surface area contributed by atoms with Gasteiger partial charge in [0.15, 0.2) is 5.78 Å². The van der Waals surface area contributed by atoms with E-state index in [0.717, 1.165) is 31.6 Å². The van der Waals surface area contributed by atoms with Crippen LogP contribution in [-0.2, 0) is 16.0 Å². The normalized spacial score (nSPS) is 20.4. The van der Waals surface area contributed by atoms with Crippen LogP contribution in [0.15, 0.2) is 24.3 Å². The lowest BCUT2D eigenvalue weighted by atomic mass is 10.0. The van der Waals surface area contributed by atoms with Crippen molar-refractivity contribution < 1.29 is 9.53 Å². The van der Waals surface area contributed by atoms with Crippen LogP contribution in [0.2, 0.25) is 0 Å². The van der Waals surface area contributed by atoms with Gasteiger partial charge in [0.05, 0.1) is 6.61 Å². The molecule has 1 fully saturated rings. The lowest BCUT2D eigenvalue weighted by molar-refractivity contribution is -0.135. The van der Waals surface area contributed by atoms with Crippen LogP contribution in [0.3, 0.4) is 0 Å². The van der Waals surface area contributed by atoms with Gasteiger partial charge >= 0.3 is 0 Å². The van der Waals surface area contributed by atoms with Crippen LogP contribution in [0.25, 0.3) is 0 Å². The molecule has 4 heteroatoms. The SMILES string of the molecule is CCCN1CCOC(C(=O)Cc2ccc(I)cc2)C1. The lowest BCUT2D eigenvalue weighted by Crippen LogP contribution is -2.46. The van der Waals surface area contributed by atoms with Gasteiger partial charge in [-0.05, 0) is 53.3 Å². The van der Waals surface area contributed by atoms with Crippen molar-refractivity contribution in [1.82, 2.24) is 4.90 Å². The third-order valence-corrected chi connectivity index (χ3v) is 4.06. The molecule has 1 unspecified atom stereocenters. The molecule has 0 radical (unpaired) electrons. The smallest absolute Gasteiger partial charge is 0.167 e. The molecule has 1 saturated heterocycles. The van der Waals surface area contributed by atoms with Gasteiger partial charge in [0.25, 0.3) is 0 Å². The van der Waals surface area contributed by atoms with E-state index in [-0.39, 0.29) is 11.9 Å².